The number of nitrogens with zero attached hydrogens (tertiary/aromatic N) is 10. The summed E-state index contributed by atoms with van der Waals surface area (Å²) in [5.41, 5.74) is 4.05. The van der Waals surface area contributed by atoms with Crippen LogP contribution in [0.4, 0.5) is 8.78 Å². The van der Waals surface area contributed by atoms with Gasteiger partial charge in [-0.2, -0.15) is 10.2 Å². The van der Waals surface area contributed by atoms with E-state index in [0.29, 0.717) is 83.5 Å². The van der Waals surface area contributed by atoms with Crippen LogP contribution in [-0.2, 0) is 23.7 Å². The Morgan fingerprint density at radius 2 is 1.68 bits per heavy atom. The number of fused-ring (bicyclic) bond motifs is 6. The molecule has 0 radical (unpaired) electrons. The van der Waals surface area contributed by atoms with Gasteiger partial charge in [-0.05, 0) is 125 Å². The molecule has 5 aromatic heterocycles. The van der Waals surface area contributed by atoms with Crippen molar-refractivity contribution >= 4 is 27.7 Å². The predicted octanol–water partition coefficient (Wildman–Crippen LogP) is 6.74. The number of benzene rings is 3. The number of imidazole rings is 1. The minimum absolute atomic E-state index is 0.00738. The molecule has 4 aliphatic rings. The second kappa shape index (κ2) is 14.8. The van der Waals surface area contributed by atoms with Crippen LogP contribution in [0.25, 0.3) is 39.0 Å². The predicted molar refractivity (Wildman–Crippen MR) is 248 cm³/mol. The highest BCUT2D eigenvalue weighted by molar-refractivity contribution is 6.00. The van der Waals surface area contributed by atoms with Crippen molar-refractivity contribution in [2.24, 2.45) is 13.0 Å². The van der Waals surface area contributed by atoms with Gasteiger partial charge in [0, 0.05) is 62.0 Å². The standard InChI is InChI=1S/C50H51F2N11O5/c1-26-16-32(17-27(2)42(26)51)63-44(60-14-13-59(48(60)66)38-11-10-37-34(43(38)52)23-53-58(37)7)41-35(55-63)20-33-24-57(6)25-40(41)61(33)45(64)39-19-31-18-29(30-12-15-67-49(4,5)22-30)8-9-36(31)62(39)50(21-28(50)3)46-54-47(65)68-56-46/h8-11,13-14,16-19,23,28,30,33,40H,12,15,20-22,24-25H2,1-7H3,(H,54,56,65)/t28-,30-,33-,40-,50-/m0/s1. The van der Waals surface area contributed by atoms with E-state index in [2.05, 4.69) is 63.7 Å². The van der Waals surface area contributed by atoms with Gasteiger partial charge in [-0.15, -0.1) is 0 Å². The molecule has 2 bridgehead atoms. The molecule has 8 aromatic rings. The summed E-state index contributed by atoms with van der Waals surface area (Å²) in [4.78, 5) is 50.4. The largest absolute Gasteiger partial charge is 0.438 e. The number of piperazine rings is 1. The van der Waals surface area contributed by atoms with Gasteiger partial charge in [-0.25, -0.2) is 23.1 Å². The van der Waals surface area contributed by atoms with Crippen molar-refractivity contribution in [3.8, 4) is 17.2 Å². The number of aryl methyl sites for hydroxylation is 3. The van der Waals surface area contributed by atoms with Gasteiger partial charge in [0.25, 0.3) is 5.91 Å². The highest BCUT2D eigenvalue weighted by Gasteiger charge is 2.59. The number of amides is 1. The van der Waals surface area contributed by atoms with Crippen LogP contribution < -0.4 is 11.4 Å². The number of hydrogen-bond donors (Lipinski definition) is 1. The molecule has 18 heteroatoms. The Morgan fingerprint density at radius 3 is 2.40 bits per heavy atom. The number of halogens is 2. The fourth-order valence-corrected chi connectivity index (χ4v) is 11.9. The molecule has 350 valence electrons. The van der Waals surface area contributed by atoms with E-state index in [9.17, 15) is 9.59 Å². The zero-order valence-corrected chi connectivity index (χ0v) is 38.9. The molecular weight excluding hydrogens is 873 g/mol. The molecule has 0 unspecified atom stereocenters. The summed E-state index contributed by atoms with van der Waals surface area (Å²) in [6.45, 7) is 11.3. The van der Waals surface area contributed by atoms with Crippen molar-refractivity contribution in [2.45, 2.75) is 89.4 Å². The smallest absolute Gasteiger partial charge is 0.376 e. The molecule has 2 saturated heterocycles. The third kappa shape index (κ3) is 6.21. The number of aromatic nitrogens is 9. The molecule has 3 fully saturated rings. The van der Waals surface area contributed by atoms with Crippen molar-refractivity contribution in [3.05, 3.63) is 139 Å². The average Bonchev–Trinajstić information content (AvgIpc) is 3.92. The lowest BCUT2D eigenvalue weighted by atomic mass is 9.83. The third-order valence-electron chi connectivity index (χ3n) is 15.2. The zero-order valence-electron chi connectivity index (χ0n) is 38.9. The topological polar surface area (TPSA) is 159 Å². The van der Waals surface area contributed by atoms with Crippen LogP contribution >= 0.6 is 0 Å². The third-order valence-corrected chi connectivity index (χ3v) is 15.2. The van der Waals surface area contributed by atoms with E-state index in [0.717, 1.165) is 23.7 Å². The van der Waals surface area contributed by atoms with Crippen LogP contribution in [0, 0.1) is 31.4 Å². The molecule has 1 aliphatic carbocycles. The SMILES string of the molecule is Cc1cc(-n2nc3c(c2-n2ccn(-c4ccc5c(cnn5C)c4F)c2=O)[C@@H]2CN(C)C[C@H](C3)N2C(=O)c2cc3cc([C@H]4CCOC(C)(C)C4)ccc3n2[C@@]2(c3noc(=O)[nH]3)C[C@@H]2C)cc(C)c1F. The van der Waals surface area contributed by atoms with Crippen molar-refractivity contribution in [1.29, 1.82) is 0 Å². The van der Waals surface area contributed by atoms with Gasteiger partial charge in [0.1, 0.15) is 22.9 Å². The summed E-state index contributed by atoms with van der Waals surface area (Å²) >= 11 is 0. The van der Waals surface area contributed by atoms with Crippen LogP contribution in [0.1, 0.15) is 96.3 Å². The van der Waals surface area contributed by atoms with Crippen LogP contribution in [-0.4, -0.2) is 97.5 Å². The molecular formula is C50H51F2N11O5. The van der Waals surface area contributed by atoms with E-state index >= 15 is 13.6 Å². The van der Waals surface area contributed by atoms with E-state index in [1.54, 1.807) is 60.7 Å². The highest BCUT2D eigenvalue weighted by atomic mass is 19.1. The zero-order chi connectivity index (χ0) is 47.3. The first kappa shape index (κ1) is 42.4. The number of likely N-dealkylation sites (N-methyl/N-ethyl adjacent to an activating group) is 1. The lowest BCUT2D eigenvalue weighted by Gasteiger charge is -2.49. The van der Waals surface area contributed by atoms with Crippen molar-refractivity contribution < 1.29 is 22.8 Å². The quantitative estimate of drug-likeness (QED) is 0.183. The van der Waals surface area contributed by atoms with E-state index in [1.807, 2.05) is 18.0 Å². The monoisotopic (exact) mass is 923 g/mol. The van der Waals surface area contributed by atoms with Gasteiger partial charge < -0.3 is 19.1 Å². The Labute approximate surface area is 388 Å². The number of aromatic amines is 1. The summed E-state index contributed by atoms with van der Waals surface area (Å²) in [5, 5.41) is 14.8. The molecule has 3 aliphatic heterocycles. The minimum atomic E-state index is -0.868. The Kier molecular flexibility index (Phi) is 9.23. The number of carbonyl (C=O) groups is 1. The number of nitrogens with one attached hydrogen (secondary N) is 1. The molecule has 1 N–H and O–H groups in total. The van der Waals surface area contributed by atoms with Crippen molar-refractivity contribution in [2.75, 3.05) is 26.7 Å². The van der Waals surface area contributed by atoms with Crippen molar-refractivity contribution in [1.82, 2.24) is 53.2 Å². The first-order valence-corrected chi connectivity index (χ1v) is 23.2. The Bertz CT molecular complexity index is 3510. The normalized spacial score (nSPS) is 23.5. The van der Waals surface area contributed by atoms with E-state index < -0.39 is 28.8 Å². The molecule has 1 amide bonds. The minimum Gasteiger partial charge on any atom is -0.376 e. The fourth-order valence-electron chi connectivity index (χ4n) is 11.9. The van der Waals surface area contributed by atoms with E-state index in [-0.39, 0.29) is 46.3 Å². The Balaban J connectivity index is 1.04. The second-order valence-corrected chi connectivity index (χ2v) is 20.2. The molecule has 68 heavy (non-hydrogen) atoms. The second-order valence-electron chi connectivity index (χ2n) is 20.2. The molecule has 12 rings (SSSR count). The van der Waals surface area contributed by atoms with Gasteiger partial charge in [0.15, 0.2) is 11.6 Å². The van der Waals surface area contributed by atoms with Crippen LogP contribution in [0.5, 0.6) is 0 Å². The first-order valence-electron chi connectivity index (χ1n) is 23.2. The average molecular weight is 924 g/mol. The van der Waals surface area contributed by atoms with Crippen LogP contribution in [0.2, 0.25) is 0 Å². The van der Waals surface area contributed by atoms with Crippen LogP contribution in [0.15, 0.2) is 81.2 Å². The molecule has 8 heterocycles. The first-order chi connectivity index (χ1) is 32.5. The summed E-state index contributed by atoms with van der Waals surface area (Å²) < 4.78 is 50.7. The van der Waals surface area contributed by atoms with Gasteiger partial charge in [0.2, 0.25) is 0 Å². The summed E-state index contributed by atoms with van der Waals surface area (Å²) in [6, 6.07) is 14.1. The van der Waals surface area contributed by atoms with Gasteiger partial charge in [0.05, 0.1) is 51.9 Å². The number of rotatable bonds is 7. The van der Waals surface area contributed by atoms with Gasteiger partial charge >= 0.3 is 11.4 Å². The maximum atomic E-state index is 16.3. The number of carbonyl (C=O) groups excluding carboxylic acids is 1. The lowest BCUT2D eigenvalue weighted by molar-refractivity contribution is -0.0592. The Morgan fingerprint density at radius 1 is 0.926 bits per heavy atom. The lowest BCUT2D eigenvalue weighted by Crippen LogP contribution is -2.59. The maximum Gasteiger partial charge on any atom is 0.438 e. The highest BCUT2D eigenvalue weighted by Crippen LogP contribution is 2.56. The number of hydrogen-bond acceptors (Lipinski definition) is 9. The summed E-state index contributed by atoms with van der Waals surface area (Å²) in [6.07, 6.45) is 7.24. The summed E-state index contributed by atoms with van der Waals surface area (Å²) in [5.74, 6) is -0.862. The van der Waals surface area contributed by atoms with Crippen LogP contribution in [0.3, 0.4) is 0 Å². The van der Waals surface area contributed by atoms with E-state index in [1.165, 1.54) is 27.1 Å². The molecule has 5 atom stereocenters. The Hall–Kier alpha value is -6.92. The molecule has 1 saturated carbocycles. The maximum absolute atomic E-state index is 16.3. The molecule has 3 aromatic carbocycles. The fraction of sp³-hybridized carbons (Fsp3) is 0.400. The van der Waals surface area contributed by atoms with Gasteiger partial charge in [-0.3, -0.25) is 28.1 Å². The molecule has 0 spiro atoms. The molecule has 16 nitrogen and oxygen atoms in total. The summed E-state index contributed by atoms with van der Waals surface area (Å²) in [7, 11) is 3.74. The number of H-pyrrole nitrogens is 1. The van der Waals surface area contributed by atoms with E-state index in [4.69, 9.17) is 14.4 Å². The number of ether oxygens (including phenoxy) is 1. The van der Waals surface area contributed by atoms with Gasteiger partial charge in [-0.1, -0.05) is 18.1 Å². The van der Waals surface area contributed by atoms with Crippen molar-refractivity contribution in [3.63, 3.8) is 0 Å².